The first kappa shape index (κ1) is 9.16. The number of carbonyl (C=O) groups excluding carboxylic acids is 1. The Bertz CT molecular complexity index is 114. The number of hydrogen-bond acceptors (Lipinski definition) is 2. The molecule has 0 aliphatic rings. The first-order valence-electron chi connectivity index (χ1n) is 2.51. The zero-order valence-electron chi connectivity index (χ0n) is 5.69. The van der Waals surface area contributed by atoms with Gasteiger partial charge in [0.05, 0.1) is 22.9 Å². The highest BCUT2D eigenvalue weighted by molar-refractivity contribution is 14.1. The van der Waals surface area contributed by atoms with Crippen molar-refractivity contribution >= 4 is 28.8 Å². The number of ether oxygens (including phenoxy) is 1. The van der Waals surface area contributed by atoms with Crippen molar-refractivity contribution in [2.75, 3.05) is 7.11 Å². The Morgan fingerprint density at radius 1 is 1.67 bits per heavy atom. The van der Waals surface area contributed by atoms with Gasteiger partial charge in [-0.3, -0.25) is 8.32 Å². The zero-order valence-corrected chi connectivity index (χ0v) is 7.85. The van der Waals surface area contributed by atoms with E-state index in [4.69, 9.17) is 4.74 Å². The first-order valence-corrected chi connectivity index (χ1v) is 3.58. The summed E-state index contributed by atoms with van der Waals surface area (Å²) in [6.45, 7) is 3.42. The molecule has 0 spiro atoms. The summed E-state index contributed by atoms with van der Waals surface area (Å²) < 4.78 is 7.34. The normalized spacial score (nSPS) is 11.1. The van der Waals surface area contributed by atoms with Crippen molar-refractivity contribution in [2.45, 2.75) is 19.4 Å². The largest absolute Gasteiger partial charge is 0.369 e. The molecule has 0 heterocycles. The number of hydrogen-bond donors (Lipinski definition) is 1. The van der Waals surface area contributed by atoms with Crippen molar-refractivity contribution < 1.29 is 9.53 Å². The van der Waals surface area contributed by atoms with Gasteiger partial charge in [-0.2, -0.15) is 0 Å². The molecule has 0 unspecified atom stereocenters. The smallest absolute Gasteiger partial charge is 0.260 e. The highest BCUT2D eigenvalue weighted by Crippen LogP contribution is 2.06. The molecular formula is C5H10INO2. The van der Waals surface area contributed by atoms with Crippen LogP contribution in [0.15, 0.2) is 0 Å². The quantitative estimate of drug-likeness (QED) is 0.577. The molecule has 0 aromatic rings. The van der Waals surface area contributed by atoms with Gasteiger partial charge < -0.3 is 4.74 Å². The van der Waals surface area contributed by atoms with Crippen molar-refractivity contribution in [3.05, 3.63) is 0 Å². The maximum Gasteiger partial charge on any atom is 0.260 e. The van der Waals surface area contributed by atoms with Gasteiger partial charge in [-0.05, 0) is 13.8 Å². The van der Waals surface area contributed by atoms with Gasteiger partial charge in [-0.25, -0.2) is 0 Å². The minimum Gasteiger partial charge on any atom is -0.369 e. The van der Waals surface area contributed by atoms with E-state index in [-0.39, 0.29) is 5.91 Å². The molecule has 0 aliphatic heterocycles. The first-order chi connectivity index (χ1) is 4.04. The lowest BCUT2D eigenvalue weighted by Crippen LogP contribution is -2.39. The second kappa shape index (κ2) is 3.36. The molecule has 0 atom stereocenters. The summed E-state index contributed by atoms with van der Waals surface area (Å²) in [5.74, 6) is -0.120. The summed E-state index contributed by atoms with van der Waals surface area (Å²) in [7, 11) is 1.51. The van der Waals surface area contributed by atoms with Gasteiger partial charge in [0.25, 0.3) is 5.91 Å². The Balaban J connectivity index is 3.97. The highest BCUT2D eigenvalue weighted by Gasteiger charge is 2.25. The average molecular weight is 243 g/mol. The second-order valence-electron chi connectivity index (χ2n) is 2.14. The fraction of sp³-hybridized carbons (Fsp3) is 0.800. The monoisotopic (exact) mass is 243 g/mol. The third kappa shape index (κ3) is 2.49. The fourth-order valence-corrected chi connectivity index (χ4v) is 0.856. The van der Waals surface area contributed by atoms with E-state index < -0.39 is 5.60 Å². The van der Waals surface area contributed by atoms with Crippen molar-refractivity contribution in [1.82, 2.24) is 3.53 Å². The summed E-state index contributed by atoms with van der Waals surface area (Å²) in [4.78, 5) is 10.8. The molecule has 54 valence electrons. The van der Waals surface area contributed by atoms with Gasteiger partial charge in [0.2, 0.25) is 0 Å². The van der Waals surface area contributed by atoms with Crippen LogP contribution in [0.3, 0.4) is 0 Å². The maximum absolute atomic E-state index is 10.8. The third-order valence-corrected chi connectivity index (χ3v) is 1.63. The number of halogens is 1. The van der Waals surface area contributed by atoms with Crippen LogP contribution in [0.2, 0.25) is 0 Å². The Morgan fingerprint density at radius 3 is 2.22 bits per heavy atom. The molecule has 1 N–H and O–H groups in total. The van der Waals surface area contributed by atoms with E-state index in [1.165, 1.54) is 7.11 Å². The van der Waals surface area contributed by atoms with Gasteiger partial charge in [0.15, 0.2) is 0 Å². The minimum atomic E-state index is -0.707. The molecule has 0 saturated heterocycles. The Hall–Kier alpha value is 0.160. The van der Waals surface area contributed by atoms with Gasteiger partial charge in [-0.1, -0.05) is 0 Å². The molecule has 0 bridgehead atoms. The van der Waals surface area contributed by atoms with Gasteiger partial charge in [0, 0.05) is 7.11 Å². The van der Waals surface area contributed by atoms with Crippen LogP contribution in [0, 0.1) is 0 Å². The van der Waals surface area contributed by atoms with E-state index in [2.05, 4.69) is 3.53 Å². The SMILES string of the molecule is COC(C)(C)C(=O)NI. The standard InChI is InChI=1S/C5H10INO2/c1-5(2,9-3)4(8)7-6/h1-3H3,(H,7,8). The molecule has 0 rings (SSSR count). The molecular weight excluding hydrogens is 233 g/mol. The molecule has 0 fully saturated rings. The topological polar surface area (TPSA) is 38.3 Å². The van der Waals surface area contributed by atoms with Crippen molar-refractivity contribution in [1.29, 1.82) is 0 Å². The fourth-order valence-electron chi connectivity index (χ4n) is 0.206. The molecule has 0 aliphatic carbocycles. The molecule has 4 heteroatoms. The summed E-state index contributed by atoms with van der Waals surface area (Å²) >= 11 is 1.78. The predicted octanol–water partition coefficient (Wildman–Crippen LogP) is 0.878. The van der Waals surface area contributed by atoms with E-state index in [9.17, 15) is 4.79 Å². The predicted molar refractivity (Wildman–Crippen MR) is 43.3 cm³/mol. The summed E-state index contributed by atoms with van der Waals surface area (Å²) in [5.41, 5.74) is -0.707. The minimum absolute atomic E-state index is 0.120. The number of amides is 1. The van der Waals surface area contributed by atoms with E-state index in [0.29, 0.717) is 0 Å². The molecule has 3 nitrogen and oxygen atoms in total. The van der Waals surface area contributed by atoms with Crippen LogP contribution in [0.25, 0.3) is 0 Å². The maximum atomic E-state index is 10.8. The molecule has 0 aromatic carbocycles. The van der Waals surface area contributed by atoms with Crippen LogP contribution in [0.1, 0.15) is 13.8 Å². The van der Waals surface area contributed by atoms with Crippen molar-refractivity contribution in [2.24, 2.45) is 0 Å². The molecule has 0 radical (unpaired) electrons. The van der Waals surface area contributed by atoms with E-state index >= 15 is 0 Å². The molecule has 0 saturated carbocycles. The number of carbonyl (C=O) groups is 1. The zero-order chi connectivity index (χ0) is 7.49. The Kier molecular flexibility index (Phi) is 3.42. The lowest BCUT2D eigenvalue weighted by Gasteiger charge is -2.19. The van der Waals surface area contributed by atoms with Crippen LogP contribution < -0.4 is 3.53 Å². The van der Waals surface area contributed by atoms with Crippen LogP contribution in [0.4, 0.5) is 0 Å². The van der Waals surface area contributed by atoms with E-state index in [1.54, 1.807) is 36.7 Å². The highest BCUT2D eigenvalue weighted by atomic mass is 127. The molecule has 0 aromatic heterocycles. The summed E-state index contributed by atoms with van der Waals surface area (Å²) in [6.07, 6.45) is 0. The van der Waals surface area contributed by atoms with Gasteiger partial charge in [0.1, 0.15) is 5.60 Å². The lowest BCUT2D eigenvalue weighted by atomic mass is 10.1. The summed E-state index contributed by atoms with van der Waals surface area (Å²) in [6, 6.07) is 0. The lowest BCUT2D eigenvalue weighted by molar-refractivity contribution is -0.136. The second-order valence-corrected chi connectivity index (χ2v) is 2.68. The van der Waals surface area contributed by atoms with Gasteiger partial charge in [-0.15, -0.1) is 0 Å². The molecule has 1 amide bonds. The van der Waals surface area contributed by atoms with Gasteiger partial charge >= 0.3 is 0 Å². The summed E-state index contributed by atoms with van der Waals surface area (Å²) in [5, 5.41) is 0. The van der Waals surface area contributed by atoms with Crippen molar-refractivity contribution in [3.63, 3.8) is 0 Å². The number of rotatable bonds is 2. The third-order valence-electron chi connectivity index (χ3n) is 1.14. The van der Waals surface area contributed by atoms with Crippen LogP contribution >= 0.6 is 22.9 Å². The van der Waals surface area contributed by atoms with E-state index in [1.807, 2.05) is 0 Å². The number of methoxy groups -OCH3 is 1. The average Bonchev–Trinajstić information content (AvgIpc) is 1.86. The van der Waals surface area contributed by atoms with Crippen LogP contribution in [0.5, 0.6) is 0 Å². The van der Waals surface area contributed by atoms with Crippen LogP contribution in [-0.4, -0.2) is 18.6 Å². The van der Waals surface area contributed by atoms with E-state index in [0.717, 1.165) is 0 Å². The Morgan fingerprint density at radius 2 is 2.11 bits per heavy atom. The van der Waals surface area contributed by atoms with Crippen molar-refractivity contribution in [3.8, 4) is 0 Å². The molecule has 9 heavy (non-hydrogen) atoms. The number of nitrogens with one attached hydrogen (secondary N) is 1. The Labute approximate surface area is 68.6 Å². The van der Waals surface area contributed by atoms with Crippen LogP contribution in [-0.2, 0) is 9.53 Å².